The van der Waals surface area contributed by atoms with Crippen LogP contribution in [0.3, 0.4) is 0 Å². The summed E-state index contributed by atoms with van der Waals surface area (Å²) in [7, 11) is 0. The first-order valence-electron chi connectivity index (χ1n) is 8.16. The lowest BCUT2D eigenvalue weighted by Crippen LogP contribution is -2.29. The Morgan fingerprint density at radius 2 is 2.08 bits per heavy atom. The third kappa shape index (κ3) is 4.36. The van der Waals surface area contributed by atoms with E-state index in [2.05, 4.69) is 21.8 Å². The molecule has 0 radical (unpaired) electrons. The van der Waals surface area contributed by atoms with E-state index in [1.807, 2.05) is 55.5 Å². The molecule has 0 N–H and O–H groups in total. The minimum Gasteiger partial charge on any atom is -0.282 e. The van der Waals surface area contributed by atoms with E-state index in [4.69, 9.17) is 0 Å². The third-order valence-corrected chi connectivity index (χ3v) is 5.47. The molecule has 0 saturated carbocycles. The zero-order valence-corrected chi connectivity index (χ0v) is 16.0. The molecule has 2 aromatic rings. The van der Waals surface area contributed by atoms with Crippen LogP contribution in [0.1, 0.15) is 17.5 Å². The normalized spacial score (nSPS) is 17.7. The van der Waals surface area contributed by atoms with Crippen molar-refractivity contribution >= 4 is 45.4 Å². The summed E-state index contributed by atoms with van der Waals surface area (Å²) in [4.78, 5) is 19.4. The Morgan fingerprint density at radius 3 is 2.77 bits per heavy atom. The van der Waals surface area contributed by atoms with E-state index in [1.54, 1.807) is 11.0 Å². The highest BCUT2D eigenvalue weighted by Crippen LogP contribution is 2.33. The zero-order chi connectivity index (χ0) is 18.4. The van der Waals surface area contributed by atoms with Crippen LogP contribution in [0.15, 0.2) is 65.0 Å². The Kier molecular flexibility index (Phi) is 6.14. The number of rotatable bonds is 6. The third-order valence-electron chi connectivity index (χ3n) is 3.49. The lowest BCUT2D eigenvalue weighted by molar-refractivity contribution is -0.121. The molecule has 0 atom stereocenters. The second-order valence-corrected chi connectivity index (χ2v) is 7.38. The lowest BCUT2D eigenvalue weighted by atomic mass is 10.2. The number of benzene rings is 1. The van der Waals surface area contributed by atoms with Gasteiger partial charge in [0.05, 0.1) is 4.91 Å². The van der Waals surface area contributed by atoms with Gasteiger partial charge in [0.25, 0.3) is 5.91 Å². The quantitative estimate of drug-likeness (QED) is 0.547. The smallest absolute Gasteiger partial charge is 0.267 e. The number of amidine groups is 1. The molecule has 26 heavy (non-hydrogen) atoms. The SMILES string of the molecule is C=CCN1C(=O)/C(=C/C=C/c2ccccc2)S/C1=N\c1nnc(CC)s1. The number of aliphatic imine (C=N–C) groups is 1. The van der Waals surface area contributed by atoms with Gasteiger partial charge in [-0.15, -0.1) is 16.8 Å². The molecule has 0 spiro atoms. The number of carbonyl (C=O) groups excluding carboxylic acids is 1. The largest absolute Gasteiger partial charge is 0.282 e. The number of carbonyl (C=O) groups is 1. The molecule has 132 valence electrons. The molecule has 1 aromatic heterocycles. The highest BCUT2D eigenvalue weighted by molar-refractivity contribution is 8.18. The van der Waals surface area contributed by atoms with Crippen LogP contribution in [0.2, 0.25) is 0 Å². The predicted molar refractivity (Wildman–Crippen MR) is 109 cm³/mol. The summed E-state index contributed by atoms with van der Waals surface area (Å²) in [6.45, 7) is 6.16. The van der Waals surface area contributed by atoms with Gasteiger partial charge in [0.15, 0.2) is 5.17 Å². The van der Waals surface area contributed by atoms with Gasteiger partial charge < -0.3 is 0 Å². The van der Waals surface area contributed by atoms with Gasteiger partial charge in [0.2, 0.25) is 5.13 Å². The van der Waals surface area contributed by atoms with Crippen LogP contribution >= 0.6 is 23.1 Å². The molecule has 0 unspecified atom stereocenters. The molecule has 0 bridgehead atoms. The number of amides is 1. The van der Waals surface area contributed by atoms with Crippen molar-refractivity contribution in [1.82, 2.24) is 15.1 Å². The maximum Gasteiger partial charge on any atom is 0.267 e. The van der Waals surface area contributed by atoms with Crippen molar-refractivity contribution in [3.8, 4) is 0 Å². The monoisotopic (exact) mass is 382 g/mol. The molecule has 1 aliphatic heterocycles. The number of hydrogen-bond acceptors (Lipinski definition) is 6. The van der Waals surface area contributed by atoms with Gasteiger partial charge in [-0.1, -0.05) is 66.8 Å². The summed E-state index contributed by atoms with van der Waals surface area (Å²) in [5.74, 6) is -0.0772. The molecule has 2 heterocycles. The first kappa shape index (κ1) is 18.3. The van der Waals surface area contributed by atoms with Crippen LogP contribution in [-0.4, -0.2) is 32.7 Å². The average Bonchev–Trinajstić information content (AvgIpc) is 3.23. The second-order valence-electron chi connectivity index (χ2n) is 5.33. The van der Waals surface area contributed by atoms with Gasteiger partial charge in [-0.05, 0) is 29.8 Å². The highest BCUT2D eigenvalue weighted by Gasteiger charge is 2.32. The van der Waals surface area contributed by atoms with Crippen LogP contribution in [0.4, 0.5) is 5.13 Å². The fourth-order valence-corrected chi connectivity index (χ4v) is 3.87. The number of thioether (sulfide) groups is 1. The number of allylic oxidation sites excluding steroid dienone is 2. The van der Waals surface area contributed by atoms with E-state index >= 15 is 0 Å². The van der Waals surface area contributed by atoms with Gasteiger partial charge >= 0.3 is 0 Å². The number of aryl methyl sites for hydroxylation is 1. The van der Waals surface area contributed by atoms with Crippen LogP contribution in [0.25, 0.3) is 6.08 Å². The van der Waals surface area contributed by atoms with Crippen LogP contribution < -0.4 is 0 Å². The summed E-state index contributed by atoms with van der Waals surface area (Å²) < 4.78 is 0. The molecule has 1 saturated heterocycles. The van der Waals surface area contributed by atoms with Gasteiger partial charge in [0, 0.05) is 6.54 Å². The van der Waals surface area contributed by atoms with Crippen LogP contribution in [0.5, 0.6) is 0 Å². The minimum atomic E-state index is -0.0772. The molecule has 5 nitrogen and oxygen atoms in total. The predicted octanol–water partition coefficient (Wildman–Crippen LogP) is 4.45. The zero-order valence-electron chi connectivity index (χ0n) is 14.3. The number of hydrogen-bond donors (Lipinski definition) is 0. The van der Waals surface area contributed by atoms with Crippen molar-refractivity contribution in [3.63, 3.8) is 0 Å². The summed E-state index contributed by atoms with van der Waals surface area (Å²) in [6, 6.07) is 9.95. The van der Waals surface area contributed by atoms with E-state index < -0.39 is 0 Å². The molecule has 1 aromatic carbocycles. The fourth-order valence-electron chi connectivity index (χ4n) is 2.22. The van der Waals surface area contributed by atoms with Gasteiger partial charge in [-0.25, -0.2) is 0 Å². The number of aromatic nitrogens is 2. The molecule has 1 aliphatic rings. The van der Waals surface area contributed by atoms with Crippen LogP contribution in [0, 0.1) is 0 Å². The average molecular weight is 383 g/mol. The molecule has 1 fully saturated rings. The maximum atomic E-state index is 12.6. The first-order valence-corrected chi connectivity index (χ1v) is 9.79. The van der Waals surface area contributed by atoms with Gasteiger partial charge in [-0.2, -0.15) is 4.99 Å². The summed E-state index contributed by atoms with van der Waals surface area (Å²) in [5.41, 5.74) is 1.08. The first-order chi connectivity index (χ1) is 12.7. The summed E-state index contributed by atoms with van der Waals surface area (Å²) in [5, 5.41) is 10.2. The second kappa shape index (κ2) is 8.73. The topological polar surface area (TPSA) is 58.5 Å². The van der Waals surface area contributed by atoms with Crippen molar-refractivity contribution < 1.29 is 4.79 Å². The molecular formula is C19H18N4OS2. The summed E-state index contributed by atoms with van der Waals surface area (Å²) >= 11 is 2.78. The Bertz CT molecular complexity index is 884. The number of nitrogens with zero attached hydrogens (tertiary/aromatic N) is 4. The molecule has 0 aliphatic carbocycles. The Labute approximate surface area is 160 Å². The molecule has 1 amide bonds. The highest BCUT2D eigenvalue weighted by atomic mass is 32.2. The van der Waals surface area contributed by atoms with Crippen molar-refractivity contribution in [1.29, 1.82) is 0 Å². The minimum absolute atomic E-state index is 0.0772. The van der Waals surface area contributed by atoms with Gasteiger partial charge in [0.1, 0.15) is 5.01 Å². The van der Waals surface area contributed by atoms with Crippen molar-refractivity contribution in [2.24, 2.45) is 4.99 Å². The molecule has 7 heteroatoms. The van der Waals surface area contributed by atoms with Crippen molar-refractivity contribution in [3.05, 3.63) is 70.6 Å². The van der Waals surface area contributed by atoms with E-state index in [0.717, 1.165) is 17.0 Å². The Hall–Kier alpha value is -2.51. The van der Waals surface area contributed by atoms with E-state index in [0.29, 0.717) is 21.7 Å². The van der Waals surface area contributed by atoms with E-state index in [1.165, 1.54) is 23.1 Å². The van der Waals surface area contributed by atoms with Crippen molar-refractivity contribution in [2.75, 3.05) is 6.54 Å². The fraction of sp³-hybridized carbons (Fsp3) is 0.158. The molecule has 3 rings (SSSR count). The summed E-state index contributed by atoms with van der Waals surface area (Å²) in [6.07, 6.45) is 8.17. The van der Waals surface area contributed by atoms with E-state index in [-0.39, 0.29) is 5.91 Å². The molecular weight excluding hydrogens is 364 g/mol. The Balaban J connectivity index is 1.82. The van der Waals surface area contributed by atoms with Crippen molar-refractivity contribution in [2.45, 2.75) is 13.3 Å². The standard InChI is InChI=1S/C19H18N4OS2/c1-3-13-23-17(24)15(12-8-11-14-9-6-5-7-10-14)25-19(23)20-18-22-21-16(4-2)26-18/h3,5-12H,1,4,13H2,2H3/b11-8+,15-12-,20-19-. The van der Waals surface area contributed by atoms with E-state index in [9.17, 15) is 4.79 Å². The Morgan fingerprint density at radius 1 is 1.27 bits per heavy atom. The van der Waals surface area contributed by atoms with Crippen LogP contribution in [-0.2, 0) is 11.2 Å². The van der Waals surface area contributed by atoms with Gasteiger partial charge in [-0.3, -0.25) is 9.69 Å². The lowest BCUT2D eigenvalue weighted by Gasteiger charge is -2.11. The maximum absolute atomic E-state index is 12.6.